The monoisotopic (exact) mass is 520 g/mol. The number of methoxy groups -OCH3 is 1. The predicted octanol–water partition coefficient (Wildman–Crippen LogP) is 5.40. The normalized spacial score (nSPS) is 11.0. The highest BCUT2D eigenvalue weighted by Crippen LogP contribution is 2.37. The molecule has 3 aromatic carbocycles. The number of benzene rings is 3. The van der Waals surface area contributed by atoms with E-state index in [0.717, 1.165) is 3.97 Å². The van der Waals surface area contributed by atoms with Crippen LogP contribution in [0, 0.1) is 34.0 Å². The van der Waals surface area contributed by atoms with Crippen molar-refractivity contribution in [2.75, 3.05) is 7.11 Å². The molecule has 0 fully saturated rings. The van der Waals surface area contributed by atoms with E-state index in [2.05, 4.69) is 0 Å². The molecule has 0 unspecified atom stereocenters. The van der Waals surface area contributed by atoms with Gasteiger partial charge in [-0.3, -0.25) is 0 Å². The van der Waals surface area contributed by atoms with E-state index in [9.17, 15) is 24.2 Å². The molecule has 0 saturated heterocycles. The fourth-order valence-electron chi connectivity index (χ4n) is 3.88. The van der Waals surface area contributed by atoms with E-state index in [1.807, 2.05) is 18.2 Å². The topological polar surface area (TPSA) is 120 Å². The molecule has 10 heteroatoms. The summed E-state index contributed by atoms with van der Waals surface area (Å²) in [5.41, 5.74) is 0.415. The number of hydrogen-bond acceptors (Lipinski definition) is 6. The summed E-state index contributed by atoms with van der Waals surface area (Å²) in [6.45, 7) is 0. The highest BCUT2D eigenvalue weighted by molar-refractivity contribution is 7.90. The summed E-state index contributed by atoms with van der Waals surface area (Å²) < 4.78 is 33.9. The number of halogens is 2. The largest absolute Gasteiger partial charge is 0.495 e. The molecule has 0 saturated carbocycles. The third-order valence-electron chi connectivity index (χ3n) is 5.49. The molecule has 172 valence electrons. The fourth-order valence-corrected chi connectivity index (χ4v) is 6.01. The molecule has 0 aliphatic carbocycles. The zero-order valence-electron chi connectivity index (χ0n) is 18.1. The molecule has 0 atom stereocenters. The number of hydrogen-bond donors (Lipinski definition) is 0. The minimum absolute atomic E-state index is 0.00274. The molecule has 4 aromatic rings. The van der Waals surface area contributed by atoms with E-state index in [4.69, 9.17) is 27.9 Å². The first-order valence-corrected chi connectivity index (χ1v) is 12.2. The van der Waals surface area contributed by atoms with Crippen LogP contribution in [0.4, 0.5) is 0 Å². The van der Waals surface area contributed by atoms with Crippen LogP contribution >= 0.6 is 23.2 Å². The SMILES string of the molecule is COc1ccc(Cl)c(Cc2cc3c(C#N)c(C#N)c(C#N)cc3n2S(=O)(=O)c2ccccc2)c1Cl. The lowest BCUT2D eigenvalue weighted by atomic mass is 9.99. The molecule has 0 amide bonds. The highest BCUT2D eigenvalue weighted by atomic mass is 35.5. The Morgan fingerprint density at radius 2 is 1.63 bits per heavy atom. The Labute approximate surface area is 211 Å². The van der Waals surface area contributed by atoms with Gasteiger partial charge in [0.25, 0.3) is 10.0 Å². The molecule has 4 rings (SSSR count). The minimum atomic E-state index is -4.19. The second-order valence-electron chi connectivity index (χ2n) is 7.38. The van der Waals surface area contributed by atoms with Crippen LogP contribution < -0.4 is 4.74 Å². The molecule has 0 aliphatic rings. The van der Waals surface area contributed by atoms with Crippen LogP contribution in [0.25, 0.3) is 10.9 Å². The van der Waals surface area contributed by atoms with E-state index in [1.165, 1.54) is 31.4 Å². The van der Waals surface area contributed by atoms with E-state index in [-0.39, 0.29) is 49.6 Å². The number of fused-ring (bicyclic) bond motifs is 1. The maximum atomic E-state index is 13.8. The number of nitrogens with zero attached hydrogens (tertiary/aromatic N) is 4. The van der Waals surface area contributed by atoms with Gasteiger partial charge in [0.1, 0.15) is 24.0 Å². The van der Waals surface area contributed by atoms with Crippen LogP contribution in [-0.4, -0.2) is 19.5 Å². The summed E-state index contributed by atoms with van der Waals surface area (Å²) in [5.74, 6) is 0.357. The molecule has 1 aromatic heterocycles. The zero-order valence-corrected chi connectivity index (χ0v) is 20.4. The quantitative estimate of drug-likeness (QED) is 0.347. The average molecular weight is 521 g/mol. The molecule has 35 heavy (non-hydrogen) atoms. The van der Waals surface area contributed by atoms with Crippen molar-refractivity contribution in [2.45, 2.75) is 11.3 Å². The summed E-state index contributed by atoms with van der Waals surface area (Å²) in [5, 5.41) is 29.7. The first-order valence-electron chi connectivity index (χ1n) is 10.0. The molecule has 7 nitrogen and oxygen atoms in total. The molecular formula is C25H14Cl2N4O3S. The summed E-state index contributed by atoms with van der Waals surface area (Å²) in [4.78, 5) is 0.00274. The van der Waals surface area contributed by atoms with Gasteiger partial charge >= 0.3 is 0 Å². The third kappa shape index (κ3) is 3.97. The Balaban J connectivity index is 2.13. The first kappa shape index (κ1) is 24.1. The van der Waals surface area contributed by atoms with Gasteiger partial charge in [0, 0.05) is 22.5 Å². The average Bonchev–Trinajstić information content (AvgIpc) is 3.24. The molecule has 1 heterocycles. The van der Waals surface area contributed by atoms with Crippen molar-refractivity contribution in [3.63, 3.8) is 0 Å². The van der Waals surface area contributed by atoms with Crippen molar-refractivity contribution >= 4 is 44.1 Å². The molecule has 0 bridgehead atoms. The van der Waals surface area contributed by atoms with Gasteiger partial charge in [-0.1, -0.05) is 41.4 Å². The van der Waals surface area contributed by atoms with Gasteiger partial charge in [-0.2, -0.15) is 15.8 Å². The number of ether oxygens (including phenoxy) is 1. The number of rotatable bonds is 5. The maximum Gasteiger partial charge on any atom is 0.268 e. The summed E-state index contributed by atoms with van der Waals surface area (Å²) >= 11 is 12.9. The van der Waals surface area contributed by atoms with Gasteiger partial charge in [-0.05, 0) is 42.0 Å². The van der Waals surface area contributed by atoms with Crippen molar-refractivity contribution in [3.05, 3.63) is 92.6 Å². The minimum Gasteiger partial charge on any atom is -0.495 e. The summed E-state index contributed by atoms with van der Waals surface area (Å²) in [6, 6.07) is 19.4. The highest BCUT2D eigenvalue weighted by Gasteiger charge is 2.27. The lowest BCUT2D eigenvalue weighted by molar-refractivity contribution is 0.414. The van der Waals surface area contributed by atoms with Crippen LogP contribution in [0.1, 0.15) is 27.9 Å². The van der Waals surface area contributed by atoms with Gasteiger partial charge in [0.05, 0.1) is 39.2 Å². The van der Waals surface area contributed by atoms with Crippen LogP contribution in [0.3, 0.4) is 0 Å². The Morgan fingerprint density at radius 3 is 2.23 bits per heavy atom. The van der Waals surface area contributed by atoms with Crippen LogP contribution in [0.2, 0.25) is 10.0 Å². The fraction of sp³-hybridized carbons (Fsp3) is 0.0800. The standard InChI is InChI=1S/C25H14Cl2N4O3S/c1-34-24-8-7-22(26)19(25(24)27)11-16-10-18-21(14-30)20(13-29)15(12-28)9-23(18)31(16)35(32,33)17-5-3-2-4-6-17/h2-10H,11H2,1H3. The van der Waals surface area contributed by atoms with Gasteiger partial charge in [0.2, 0.25) is 0 Å². The smallest absolute Gasteiger partial charge is 0.268 e. The van der Waals surface area contributed by atoms with Crippen molar-refractivity contribution in [3.8, 4) is 24.0 Å². The number of nitriles is 3. The lowest BCUT2D eigenvalue weighted by Gasteiger charge is -2.15. The molecule has 0 radical (unpaired) electrons. The lowest BCUT2D eigenvalue weighted by Crippen LogP contribution is -2.16. The van der Waals surface area contributed by atoms with E-state index < -0.39 is 10.0 Å². The second-order valence-corrected chi connectivity index (χ2v) is 9.95. The van der Waals surface area contributed by atoms with Crippen molar-refractivity contribution in [1.29, 1.82) is 15.8 Å². The summed E-state index contributed by atoms with van der Waals surface area (Å²) in [6.07, 6.45) is -0.0374. The molecule has 0 spiro atoms. The van der Waals surface area contributed by atoms with Gasteiger partial charge in [-0.25, -0.2) is 12.4 Å². The maximum absolute atomic E-state index is 13.8. The van der Waals surface area contributed by atoms with Crippen LogP contribution in [0.15, 0.2) is 59.5 Å². The molecule has 0 N–H and O–H groups in total. The van der Waals surface area contributed by atoms with Gasteiger partial charge < -0.3 is 4.74 Å². The molecular weight excluding hydrogens is 507 g/mol. The Bertz CT molecular complexity index is 1730. The second kappa shape index (κ2) is 9.33. The van der Waals surface area contributed by atoms with Crippen LogP contribution in [0.5, 0.6) is 5.75 Å². The zero-order chi connectivity index (χ0) is 25.3. The van der Waals surface area contributed by atoms with Crippen LogP contribution in [-0.2, 0) is 16.4 Å². The Morgan fingerprint density at radius 1 is 0.943 bits per heavy atom. The Kier molecular flexibility index (Phi) is 6.43. The van der Waals surface area contributed by atoms with Crippen molar-refractivity contribution in [2.24, 2.45) is 0 Å². The van der Waals surface area contributed by atoms with E-state index in [0.29, 0.717) is 16.3 Å². The van der Waals surface area contributed by atoms with E-state index in [1.54, 1.807) is 30.3 Å². The summed E-state index contributed by atoms with van der Waals surface area (Å²) in [7, 11) is -2.74. The first-order chi connectivity index (χ1) is 16.8. The third-order valence-corrected chi connectivity index (χ3v) is 8.04. The van der Waals surface area contributed by atoms with E-state index >= 15 is 0 Å². The van der Waals surface area contributed by atoms with Gasteiger partial charge in [-0.15, -0.1) is 0 Å². The van der Waals surface area contributed by atoms with Gasteiger partial charge in [0.15, 0.2) is 0 Å². The Hall–Kier alpha value is -4.00. The van der Waals surface area contributed by atoms with Crippen molar-refractivity contribution in [1.82, 2.24) is 3.97 Å². The molecule has 0 aliphatic heterocycles. The van der Waals surface area contributed by atoms with Crippen molar-refractivity contribution < 1.29 is 13.2 Å². The predicted molar refractivity (Wildman–Crippen MR) is 131 cm³/mol. The number of aromatic nitrogens is 1.